The number of aryl methyl sites for hydroxylation is 3. The minimum atomic E-state index is -0.411. The van der Waals surface area contributed by atoms with E-state index in [-0.39, 0.29) is 5.57 Å². The van der Waals surface area contributed by atoms with Gasteiger partial charge in [-0.3, -0.25) is 4.79 Å². The van der Waals surface area contributed by atoms with Gasteiger partial charge in [0.15, 0.2) is 0 Å². The van der Waals surface area contributed by atoms with Crippen molar-refractivity contribution in [3.05, 3.63) is 59.1 Å². The van der Waals surface area contributed by atoms with E-state index >= 15 is 0 Å². The van der Waals surface area contributed by atoms with Crippen LogP contribution in [0.3, 0.4) is 0 Å². The summed E-state index contributed by atoms with van der Waals surface area (Å²) in [5, 5.41) is 14.6. The summed E-state index contributed by atoms with van der Waals surface area (Å²) in [6, 6.07) is 11.7. The van der Waals surface area contributed by atoms with Crippen molar-refractivity contribution in [3.8, 4) is 6.07 Å². The summed E-state index contributed by atoms with van der Waals surface area (Å²) in [5.41, 5.74) is 3.42. The minimum absolute atomic E-state index is 0.0625. The van der Waals surface area contributed by atoms with Crippen molar-refractivity contribution in [2.45, 2.75) is 13.8 Å². The second kappa shape index (κ2) is 5.58. The molecule has 0 bridgehead atoms. The Balaban J connectivity index is 2.10. The molecule has 0 atom stereocenters. The molecule has 0 radical (unpaired) electrons. The molecule has 114 valence electrons. The van der Waals surface area contributed by atoms with Crippen molar-refractivity contribution in [2.75, 3.05) is 0 Å². The fourth-order valence-electron chi connectivity index (χ4n) is 2.73. The van der Waals surface area contributed by atoms with Crippen molar-refractivity contribution in [1.29, 1.82) is 5.26 Å². The highest BCUT2D eigenvalue weighted by molar-refractivity contribution is 6.05. The molecule has 0 aliphatic rings. The molecule has 0 saturated heterocycles. The smallest absolute Gasteiger partial charge is 0.289 e. The molecule has 1 aromatic carbocycles. The molecule has 3 rings (SSSR count). The molecular weight excluding hydrogens is 288 g/mol. The Morgan fingerprint density at radius 3 is 2.70 bits per heavy atom. The average Bonchev–Trinajstić information content (AvgIpc) is 3.04. The summed E-state index contributed by atoms with van der Waals surface area (Å²) in [7, 11) is 1.94. The van der Waals surface area contributed by atoms with E-state index in [9.17, 15) is 10.1 Å². The van der Waals surface area contributed by atoms with Crippen LogP contribution < -0.4 is 0 Å². The number of benzene rings is 1. The van der Waals surface area contributed by atoms with E-state index in [2.05, 4.69) is 5.10 Å². The number of carbonyl (C=O) groups excluding carboxylic acids is 1. The van der Waals surface area contributed by atoms with Gasteiger partial charge < -0.3 is 4.57 Å². The van der Waals surface area contributed by atoms with Crippen LogP contribution in [0, 0.1) is 25.2 Å². The van der Waals surface area contributed by atoms with Crippen molar-refractivity contribution in [1.82, 2.24) is 14.3 Å². The molecule has 0 spiro atoms. The summed E-state index contributed by atoms with van der Waals surface area (Å²) >= 11 is 0. The standard InChI is InChI=1S/C18H16N4O/c1-12-8-13(2)22(20-12)18(23)14(10-19)9-15-11-21(3)17-7-5-4-6-16(15)17/h4-9,11H,1-3H3/b14-9+. The third kappa shape index (κ3) is 2.55. The van der Waals surface area contributed by atoms with Crippen molar-refractivity contribution < 1.29 is 4.79 Å². The molecule has 0 fully saturated rings. The van der Waals surface area contributed by atoms with Crippen LogP contribution in [0.1, 0.15) is 21.7 Å². The lowest BCUT2D eigenvalue weighted by molar-refractivity contribution is 0.0944. The number of carbonyl (C=O) groups is 1. The van der Waals surface area contributed by atoms with Gasteiger partial charge in [-0.25, -0.2) is 4.68 Å². The van der Waals surface area contributed by atoms with Crippen molar-refractivity contribution >= 4 is 22.9 Å². The van der Waals surface area contributed by atoms with Gasteiger partial charge in [-0.2, -0.15) is 10.4 Å². The molecule has 2 heterocycles. The predicted octanol–water partition coefficient (Wildman–Crippen LogP) is 3.24. The Labute approximate surface area is 134 Å². The molecule has 0 aliphatic heterocycles. The second-order valence-electron chi connectivity index (χ2n) is 5.53. The van der Waals surface area contributed by atoms with Crippen LogP contribution in [-0.4, -0.2) is 20.3 Å². The quantitative estimate of drug-likeness (QED) is 0.539. The molecule has 23 heavy (non-hydrogen) atoms. The highest BCUT2D eigenvalue weighted by Crippen LogP contribution is 2.23. The number of allylic oxidation sites excluding steroid dienone is 1. The maximum absolute atomic E-state index is 12.6. The molecule has 5 heteroatoms. The first-order valence-electron chi connectivity index (χ1n) is 7.25. The zero-order chi connectivity index (χ0) is 16.6. The van der Waals surface area contributed by atoms with Gasteiger partial charge in [0, 0.05) is 35.4 Å². The minimum Gasteiger partial charge on any atom is -0.350 e. The SMILES string of the molecule is Cc1cc(C)n(C(=O)/C(C#N)=C/c2cn(C)c3ccccc23)n1. The van der Waals surface area contributed by atoms with E-state index in [0.29, 0.717) is 5.69 Å². The van der Waals surface area contributed by atoms with E-state index in [1.165, 1.54) is 4.68 Å². The molecule has 2 aromatic heterocycles. The van der Waals surface area contributed by atoms with Gasteiger partial charge in [-0.1, -0.05) is 18.2 Å². The number of nitrogens with zero attached hydrogens (tertiary/aromatic N) is 4. The van der Waals surface area contributed by atoms with Crippen molar-refractivity contribution in [3.63, 3.8) is 0 Å². The van der Waals surface area contributed by atoms with Crippen LogP contribution in [0.15, 0.2) is 42.1 Å². The fourth-order valence-corrected chi connectivity index (χ4v) is 2.73. The summed E-state index contributed by atoms with van der Waals surface area (Å²) in [6.45, 7) is 3.61. The zero-order valence-electron chi connectivity index (χ0n) is 13.2. The van der Waals surface area contributed by atoms with Crippen LogP contribution in [0.5, 0.6) is 0 Å². The molecule has 0 unspecified atom stereocenters. The van der Waals surface area contributed by atoms with Crippen LogP contribution >= 0.6 is 0 Å². The molecule has 0 aliphatic carbocycles. The Morgan fingerprint density at radius 2 is 2.04 bits per heavy atom. The van der Waals surface area contributed by atoms with Crippen LogP contribution in [0.4, 0.5) is 0 Å². The van der Waals surface area contributed by atoms with E-state index in [4.69, 9.17) is 0 Å². The number of para-hydroxylation sites is 1. The van der Waals surface area contributed by atoms with E-state index in [1.54, 1.807) is 13.0 Å². The lowest BCUT2D eigenvalue weighted by Gasteiger charge is -2.01. The monoisotopic (exact) mass is 304 g/mol. The van der Waals surface area contributed by atoms with Crippen molar-refractivity contribution in [2.24, 2.45) is 7.05 Å². The van der Waals surface area contributed by atoms with Gasteiger partial charge in [0.05, 0.1) is 5.69 Å². The molecule has 0 amide bonds. The average molecular weight is 304 g/mol. The van der Waals surface area contributed by atoms with E-state index < -0.39 is 5.91 Å². The zero-order valence-corrected chi connectivity index (χ0v) is 13.2. The Bertz CT molecular complexity index is 982. The first-order valence-corrected chi connectivity index (χ1v) is 7.25. The van der Waals surface area contributed by atoms with Crippen LogP contribution in [0.2, 0.25) is 0 Å². The predicted molar refractivity (Wildman–Crippen MR) is 88.8 cm³/mol. The largest absolute Gasteiger partial charge is 0.350 e. The number of hydrogen-bond acceptors (Lipinski definition) is 3. The van der Waals surface area contributed by atoms with Gasteiger partial charge in [-0.05, 0) is 32.1 Å². The summed E-state index contributed by atoms with van der Waals surface area (Å²) < 4.78 is 3.25. The van der Waals surface area contributed by atoms with E-state index in [1.807, 2.05) is 61.1 Å². The highest BCUT2D eigenvalue weighted by atomic mass is 16.2. The summed E-state index contributed by atoms with van der Waals surface area (Å²) in [4.78, 5) is 12.6. The van der Waals surface area contributed by atoms with Gasteiger partial charge in [0.2, 0.25) is 0 Å². The summed E-state index contributed by atoms with van der Waals surface area (Å²) in [6.07, 6.45) is 3.54. The first-order chi connectivity index (χ1) is 11.0. The normalized spacial score (nSPS) is 11.7. The van der Waals surface area contributed by atoms with Gasteiger partial charge in [0.25, 0.3) is 5.91 Å². The third-order valence-corrected chi connectivity index (χ3v) is 3.78. The number of aromatic nitrogens is 3. The fraction of sp³-hybridized carbons (Fsp3) is 0.167. The molecule has 3 aromatic rings. The van der Waals surface area contributed by atoms with Gasteiger partial charge in [-0.15, -0.1) is 0 Å². The number of fused-ring (bicyclic) bond motifs is 1. The lowest BCUT2D eigenvalue weighted by Crippen LogP contribution is -2.15. The Hall–Kier alpha value is -3.13. The first kappa shape index (κ1) is 14.8. The number of nitriles is 1. The third-order valence-electron chi connectivity index (χ3n) is 3.78. The Morgan fingerprint density at radius 1 is 1.30 bits per heavy atom. The van der Waals surface area contributed by atoms with Crippen LogP contribution in [0.25, 0.3) is 17.0 Å². The summed E-state index contributed by atoms with van der Waals surface area (Å²) in [5.74, 6) is -0.411. The van der Waals surface area contributed by atoms with E-state index in [0.717, 1.165) is 22.2 Å². The lowest BCUT2D eigenvalue weighted by atomic mass is 10.1. The maximum atomic E-state index is 12.6. The molecule has 5 nitrogen and oxygen atoms in total. The maximum Gasteiger partial charge on any atom is 0.289 e. The topological polar surface area (TPSA) is 63.6 Å². The van der Waals surface area contributed by atoms with Crippen LogP contribution in [-0.2, 0) is 7.05 Å². The number of hydrogen-bond donors (Lipinski definition) is 0. The highest BCUT2D eigenvalue weighted by Gasteiger charge is 2.16. The van der Waals surface area contributed by atoms with Gasteiger partial charge in [0.1, 0.15) is 11.6 Å². The molecule has 0 saturated carbocycles. The number of rotatable bonds is 2. The molecular formula is C18H16N4O. The van der Waals surface area contributed by atoms with Gasteiger partial charge >= 0.3 is 0 Å². The Kier molecular flexibility index (Phi) is 3.59. The molecule has 0 N–H and O–H groups in total. The second-order valence-corrected chi connectivity index (χ2v) is 5.53.